The Morgan fingerprint density at radius 1 is 1.50 bits per heavy atom. The molecule has 1 heterocycles. The molecule has 1 saturated heterocycles. The van der Waals surface area contributed by atoms with Gasteiger partial charge in [-0.2, -0.15) is 0 Å². The number of hydrogen-bond donors (Lipinski definition) is 1. The summed E-state index contributed by atoms with van der Waals surface area (Å²) in [5, 5.41) is 0. The number of nitrogens with zero attached hydrogens (tertiary/aromatic N) is 1. The molecule has 0 saturated carbocycles. The molecular formula is C8H14N2O2. The minimum Gasteiger partial charge on any atom is -0.379 e. The second-order valence-corrected chi connectivity index (χ2v) is 2.72. The van der Waals surface area contributed by atoms with Crippen molar-refractivity contribution in [2.24, 2.45) is 5.73 Å². The average molecular weight is 170 g/mol. The lowest BCUT2D eigenvalue weighted by Gasteiger charge is -2.24. The molecule has 0 radical (unpaired) electrons. The molecule has 1 rings (SSSR count). The molecule has 12 heavy (non-hydrogen) atoms. The van der Waals surface area contributed by atoms with Gasteiger partial charge in [0, 0.05) is 19.6 Å². The van der Waals surface area contributed by atoms with E-state index in [1.165, 1.54) is 6.08 Å². The lowest BCUT2D eigenvalue weighted by Crippen LogP contribution is -2.36. The molecular weight excluding hydrogens is 156 g/mol. The van der Waals surface area contributed by atoms with E-state index in [2.05, 4.69) is 4.90 Å². The summed E-state index contributed by atoms with van der Waals surface area (Å²) in [5.41, 5.74) is 4.94. The Hall–Kier alpha value is -0.870. The number of primary amides is 1. The van der Waals surface area contributed by atoms with Crippen LogP contribution >= 0.6 is 0 Å². The van der Waals surface area contributed by atoms with E-state index >= 15 is 0 Å². The summed E-state index contributed by atoms with van der Waals surface area (Å²) in [4.78, 5) is 12.5. The first kappa shape index (κ1) is 9.22. The van der Waals surface area contributed by atoms with Crippen LogP contribution in [0.5, 0.6) is 0 Å². The molecule has 0 unspecified atom stereocenters. The average Bonchev–Trinajstić information content (AvgIpc) is 2.05. The molecule has 68 valence electrons. The third-order valence-electron chi connectivity index (χ3n) is 1.75. The fraction of sp³-hybridized carbons (Fsp3) is 0.625. The number of hydrogen-bond acceptors (Lipinski definition) is 3. The SMILES string of the molecule is NC(=O)C=CCN1CCOCC1. The topological polar surface area (TPSA) is 55.6 Å². The molecule has 0 atom stereocenters. The maximum Gasteiger partial charge on any atom is 0.241 e. The summed E-state index contributed by atoms with van der Waals surface area (Å²) in [5.74, 6) is -0.386. The molecule has 4 nitrogen and oxygen atoms in total. The van der Waals surface area contributed by atoms with Gasteiger partial charge < -0.3 is 10.5 Å². The van der Waals surface area contributed by atoms with Crippen LogP contribution in [-0.2, 0) is 9.53 Å². The molecule has 1 amide bonds. The number of carbonyl (C=O) groups is 1. The van der Waals surface area contributed by atoms with E-state index in [9.17, 15) is 4.79 Å². The monoisotopic (exact) mass is 170 g/mol. The molecule has 4 heteroatoms. The maximum absolute atomic E-state index is 10.3. The highest BCUT2D eigenvalue weighted by Crippen LogP contribution is 1.95. The first-order chi connectivity index (χ1) is 5.79. The second kappa shape index (κ2) is 4.90. The van der Waals surface area contributed by atoms with E-state index in [4.69, 9.17) is 10.5 Å². The molecule has 0 aromatic rings. The van der Waals surface area contributed by atoms with Gasteiger partial charge in [-0.3, -0.25) is 9.69 Å². The van der Waals surface area contributed by atoms with E-state index in [0.717, 1.165) is 32.8 Å². The molecule has 1 aliphatic rings. The standard InChI is InChI=1S/C8H14N2O2/c9-8(11)2-1-3-10-4-6-12-7-5-10/h1-2H,3-7H2,(H2,9,11). The lowest BCUT2D eigenvalue weighted by atomic mass is 10.4. The molecule has 1 aliphatic heterocycles. The Morgan fingerprint density at radius 3 is 2.75 bits per heavy atom. The van der Waals surface area contributed by atoms with Crippen LogP contribution in [0.1, 0.15) is 0 Å². The van der Waals surface area contributed by atoms with Crippen LogP contribution in [0.4, 0.5) is 0 Å². The second-order valence-electron chi connectivity index (χ2n) is 2.72. The molecule has 0 aromatic carbocycles. The molecule has 0 bridgehead atoms. The van der Waals surface area contributed by atoms with Crippen molar-refractivity contribution in [3.05, 3.63) is 12.2 Å². The van der Waals surface area contributed by atoms with Crippen LogP contribution in [0.15, 0.2) is 12.2 Å². The third-order valence-corrected chi connectivity index (χ3v) is 1.75. The molecule has 0 spiro atoms. The van der Waals surface area contributed by atoms with Crippen LogP contribution in [0.3, 0.4) is 0 Å². The van der Waals surface area contributed by atoms with Gasteiger partial charge in [0.15, 0.2) is 0 Å². The summed E-state index contributed by atoms with van der Waals surface area (Å²) in [6.45, 7) is 4.22. The highest BCUT2D eigenvalue weighted by Gasteiger charge is 2.07. The number of amides is 1. The van der Waals surface area contributed by atoms with Gasteiger partial charge in [-0.05, 0) is 6.08 Å². The summed E-state index contributed by atoms with van der Waals surface area (Å²) < 4.78 is 5.17. The van der Waals surface area contributed by atoms with Crippen molar-refractivity contribution in [3.63, 3.8) is 0 Å². The first-order valence-electron chi connectivity index (χ1n) is 4.05. The largest absolute Gasteiger partial charge is 0.379 e. The lowest BCUT2D eigenvalue weighted by molar-refractivity contribution is -0.113. The Balaban J connectivity index is 2.17. The van der Waals surface area contributed by atoms with Crippen molar-refractivity contribution >= 4 is 5.91 Å². The zero-order chi connectivity index (χ0) is 8.81. The molecule has 1 fully saturated rings. The highest BCUT2D eigenvalue weighted by atomic mass is 16.5. The third kappa shape index (κ3) is 3.50. The quantitative estimate of drug-likeness (QED) is 0.573. The van der Waals surface area contributed by atoms with Gasteiger partial charge in [-0.15, -0.1) is 0 Å². The number of nitrogens with two attached hydrogens (primary N) is 1. The summed E-state index contributed by atoms with van der Waals surface area (Å²) in [6, 6.07) is 0. The number of carbonyl (C=O) groups excluding carboxylic acids is 1. The Kier molecular flexibility index (Phi) is 3.76. The molecule has 0 aromatic heterocycles. The zero-order valence-corrected chi connectivity index (χ0v) is 7.03. The van der Waals surface area contributed by atoms with E-state index < -0.39 is 0 Å². The van der Waals surface area contributed by atoms with Crippen LogP contribution in [-0.4, -0.2) is 43.7 Å². The van der Waals surface area contributed by atoms with Gasteiger partial charge in [0.25, 0.3) is 0 Å². The van der Waals surface area contributed by atoms with Gasteiger partial charge in [-0.1, -0.05) is 6.08 Å². The summed E-state index contributed by atoms with van der Waals surface area (Å²) in [6.07, 6.45) is 3.18. The minimum absolute atomic E-state index is 0.386. The number of morpholine rings is 1. The molecule has 0 aliphatic carbocycles. The van der Waals surface area contributed by atoms with Gasteiger partial charge in [-0.25, -0.2) is 0 Å². The highest BCUT2D eigenvalue weighted by molar-refractivity contribution is 5.85. The minimum atomic E-state index is -0.386. The van der Waals surface area contributed by atoms with Crippen LogP contribution < -0.4 is 5.73 Å². The zero-order valence-electron chi connectivity index (χ0n) is 7.03. The Morgan fingerprint density at radius 2 is 2.17 bits per heavy atom. The van der Waals surface area contributed by atoms with Crippen molar-refractivity contribution in [2.75, 3.05) is 32.8 Å². The summed E-state index contributed by atoms with van der Waals surface area (Å²) in [7, 11) is 0. The fourth-order valence-corrected chi connectivity index (χ4v) is 1.10. The van der Waals surface area contributed by atoms with Crippen molar-refractivity contribution < 1.29 is 9.53 Å². The molecule has 2 N–H and O–H groups in total. The van der Waals surface area contributed by atoms with E-state index in [1.54, 1.807) is 6.08 Å². The Bertz CT molecular complexity index is 174. The van der Waals surface area contributed by atoms with E-state index in [-0.39, 0.29) is 5.91 Å². The van der Waals surface area contributed by atoms with Gasteiger partial charge in [0.1, 0.15) is 0 Å². The van der Waals surface area contributed by atoms with Gasteiger partial charge >= 0.3 is 0 Å². The predicted octanol–water partition coefficient (Wildman–Crippen LogP) is -0.640. The van der Waals surface area contributed by atoms with Crippen molar-refractivity contribution in [1.82, 2.24) is 4.90 Å². The van der Waals surface area contributed by atoms with Gasteiger partial charge in [0.2, 0.25) is 5.91 Å². The number of rotatable bonds is 3. The first-order valence-corrected chi connectivity index (χ1v) is 4.05. The van der Waals surface area contributed by atoms with E-state index in [1.807, 2.05) is 0 Å². The van der Waals surface area contributed by atoms with Crippen molar-refractivity contribution in [2.45, 2.75) is 0 Å². The normalized spacial score (nSPS) is 20.0. The van der Waals surface area contributed by atoms with Crippen LogP contribution in [0.2, 0.25) is 0 Å². The van der Waals surface area contributed by atoms with Crippen molar-refractivity contribution in [1.29, 1.82) is 0 Å². The van der Waals surface area contributed by atoms with Gasteiger partial charge in [0.05, 0.1) is 13.2 Å². The number of ether oxygens (including phenoxy) is 1. The summed E-state index contributed by atoms with van der Waals surface area (Å²) >= 11 is 0. The van der Waals surface area contributed by atoms with E-state index in [0.29, 0.717) is 0 Å². The van der Waals surface area contributed by atoms with Crippen molar-refractivity contribution in [3.8, 4) is 0 Å². The fourth-order valence-electron chi connectivity index (χ4n) is 1.10. The maximum atomic E-state index is 10.3. The van der Waals surface area contributed by atoms with Crippen LogP contribution in [0, 0.1) is 0 Å². The smallest absolute Gasteiger partial charge is 0.241 e. The van der Waals surface area contributed by atoms with Crippen LogP contribution in [0.25, 0.3) is 0 Å². The predicted molar refractivity (Wildman–Crippen MR) is 45.6 cm³/mol. The Labute approximate surface area is 72.0 Å².